The quantitative estimate of drug-likeness (QED) is 0.877. The maximum absolute atomic E-state index is 12.2. The van der Waals surface area contributed by atoms with Crippen LogP contribution in [0.1, 0.15) is 43.0 Å². The number of carboxylic acids is 1. The largest absolute Gasteiger partial charge is 0.480 e. The second kappa shape index (κ2) is 6.31. The topological polar surface area (TPSA) is 66.4 Å². The lowest BCUT2D eigenvalue weighted by molar-refractivity contribution is -0.143. The Hall–Kier alpha value is -1.81. The van der Waals surface area contributed by atoms with Gasteiger partial charge in [-0.15, -0.1) is 0 Å². The van der Waals surface area contributed by atoms with E-state index in [1.807, 2.05) is 0 Å². The Labute approximate surface area is 128 Å². The fourth-order valence-corrected chi connectivity index (χ4v) is 2.76. The van der Waals surface area contributed by atoms with Gasteiger partial charge in [0.05, 0.1) is 0 Å². The molecule has 1 atom stereocenters. The van der Waals surface area contributed by atoms with Crippen LogP contribution in [0.5, 0.6) is 0 Å². The van der Waals surface area contributed by atoms with E-state index in [0.717, 1.165) is 29.9 Å². The molecule has 21 heavy (non-hydrogen) atoms. The highest BCUT2D eigenvalue weighted by molar-refractivity contribution is 6.30. The molecule has 1 aliphatic rings. The summed E-state index contributed by atoms with van der Waals surface area (Å²) in [5.74, 6) is -1.45. The molecule has 0 unspecified atom stereocenters. The lowest BCUT2D eigenvalue weighted by atomic mass is 9.91. The predicted molar refractivity (Wildman–Crippen MR) is 81.3 cm³/mol. The van der Waals surface area contributed by atoms with Crippen molar-refractivity contribution >= 4 is 23.5 Å². The molecule has 0 radical (unpaired) electrons. The van der Waals surface area contributed by atoms with Gasteiger partial charge in [0.15, 0.2) is 0 Å². The minimum atomic E-state index is -1.35. The van der Waals surface area contributed by atoms with Crippen LogP contribution in [0.2, 0.25) is 0 Å². The van der Waals surface area contributed by atoms with E-state index < -0.39 is 17.4 Å². The number of halogens is 1. The van der Waals surface area contributed by atoms with Crippen molar-refractivity contribution in [1.29, 1.82) is 0 Å². The zero-order valence-corrected chi connectivity index (χ0v) is 12.6. The van der Waals surface area contributed by atoms with Crippen molar-refractivity contribution in [2.24, 2.45) is 0 Å². The fourth-order valence-electron chi connectivity index (χ4n) is 2.47. The van der Waals surface area contributed by atoms with Gasteiger partial charge in [-0.1, -0.05) is 35.4 Å². The number of benzene rings is 1. The Morgan fingerprint density at radius 1 is 1.29 bits per heavy atom. The molecule has 0 spiro atoms. The van der Waals surface area contributed by atoms with E-state index in [9.17, 15) is 14.7 Å². The van der Waals surface area contributed by atoms with E-state index in [-0.39, 0.29) is 6.42 Å². The first-order valence-electron chi connectivity index (χ1n) is 6.90. The number of carbonyl (C=O) groups is 2. The molecular formula is C16H18ClNO3. The van der Waals surface area contributed by atoms with Crippen molar-refractivity contribution < 1.29 is 14.7 Å². The lowest BCUT2D eigenvalue weighted by Gasteiger charge is -2.27. The standard InChI is InChI=1S/C16H18ClNO3/c1-16(15(20)21,10-12-8-5-9-13(12)17)18-14(19)11-6-3-2-4-7-11/h2-4,6-7H,5,8-10H2,1H3,(H,18,19)(H,20,21)/t16-/m0/s1. The summed E-state index contributed by atoms with van der Waals surface area (Å²) < 4.78 is 0. The maximum atomic E-state index is 12.2. The van der Waals surface area contributed by atoms with E-state index in [2.05, 4.69) is 5.32 Å². The summed E-state index contributed by atoms with van der Waals surface area (Å²) in [5.41, 5.74) is 0.0126. The monoisotopic (exact) mass is 307 g/mol. The first kappa shape index (κ1) is 15.6. The van der Waals surface area contributed by atoms with Crippen molar-refractivity contribution in [3.8, 4) is 0 Å². The van der Waals surface area contributed by atoms with Gasteiger partial charge in [0.25, 0.3) is 5.91 Å². The molecule has 1 aromatic rings. The maximum Gasteiger partial charge on any atom is 0.329 e. The number of hydrogen-bond donors (Lipinski definition) is 2. The highest BCUT2D eigenvalue weighted by Crippen LogP contribution is 2.34. The number of carboxylic acid groups (broad SMARTS) is 1. The molecule has 0 bridgehead atoms. The zero-order chi connectivity index (χ0) is 15.5. The van der Waals surface area contributed by atoms with Crippen LogP contribution in [-0.2, 0) is 4.79 Å². The summed E-state index contributed by atoms with van der Waals surface area (Å²) in [6, 6.07) is 8.59. The van der Waals surface area contributed by atoms with Crippen molar-refractivity contribution in [2.45, 2.75) is 38.1 Å². The minimum Gasteiger partial charge on any atom is -0.480 e. The first-order chi connectivity index (χ1) is 9.92. The van der Waals surface area contributed by atoms with Gasteiger partial charge in [0, 0.05) is 17.0 Å². The Bertz CT molecular complexity index is 582. The Balaban J connectivity index is 2.17. The first-order valence-corrected chi connectivity index (χ1v) is 7.27. The Morgan fingerprint density at radius 2 is 1.95 bits per heavy atom. The molecule has 2 rings (SSSR count). The Morgan fingerprint density at radius 3 is 2.48 bits per heavy atom. The zero-order valence-electron chi connectivity index (χ0n) is 11.9. The number of allylic oxidation sites excluding steroid dienone is 1. The third kappa shape index (κ3) is 3.64. The molecule has 0 saturated heterocycles. The predicted octanol–water partition coefficient (Wildman–Crippen LogP) is 3.33. The van der Waals surface area contributed by atoms with Gasteiger partial charge in [0.2, 0.25) is 0 Å². The van der Waals surface area contributed by atoms with E-state index in [0.29, 0.717) is 5.56 Å². The van der Waals surface area contributed by atoms with Gasteiger partial charge >= 0.3 is 5.97 Å². The van der Waals surface area contributed by atoms with Gasteiger partial charge in [-0.25, -0.2) is 4.79 Å². The SMILES string of the molecule is C[C@@](CC1=C(Cl)CCC1)(NC(=O)c1ccccc1)C(=O)O. The number of hydrogen-bond acceptors (Lipinski definition) is 2. The van der Waals surface area contributed by atoms with Crippen molar-refractivity contribution in [1.82, 2.24) is 5.32 Å². The molecular weight excluding hydrogens is 290 g/mol. The number of aliphatic carboxylic acids is 1. The summed E-state index contributed by atoms with van der Waals surface area (Å²) in [7, 11) is 0. The van der Waals surface area contributed by atoms with Crippen molar-refractivity contribution in [3.63, 3.8) is 0 Å². The smallest absolute Gasteiger partial charge is 0.329 e. The average molecular weight is 308 g/mol. The number of amides is 1. The van der Waals surface area contributed by atoms with Crippen LogP contribution in [0.3, 0.4) is 0 Å². The van der Waals surface area contributed by atoms with Gasteiger partial charge < -0.3 is 10.4 Å². The number of nitrogens with one attached hydrogen (secondary N) is 1. The molecule has 112 valence electrons. The molecule has 5 heteroatoms. The normalized spacial score (nSPS) is 17.4. The van der Waals surface area contributed by atoms with Crippen LogP contribution in [0, 0.1) is 0 Å². The van der Waals surface area contributed by atoms with E-state index in [1.54, 1.807) is 30.3 Å². The van der Waals surface area contributed by atoms with E-state index in [1.165, 1.54) is 6.92 Å². The molecule has 0 saturated carbocycles. The fraction of sp³-hybridized carbons (Fsp3) is 0.375. The van der Waals surface area contributed by atoms with E-state index >= 15 is 0 Å². The summed E-state index contributed by atoms with van der Waals surface area (Å²) in [6.45, 7) is 1.52. The number of carbonyl (C=O) groups excluding carboxylic acids is 1. The molecule has 1 amide bonds. The molecule has 4 nitrogen and oxygen atoms in total. The van der Waals surface area contributed by atoms with Crippen LogP contribution < -0.4 is 5.32 Å². The lowest BCUT2D eigenvalue weighted by Crippen LogP contribution is -2.52. The van der Waals surface area contributed by atoms with E-state index in [4.69, 9.17) is 11.6 Å². The van der Waals surface area contributed by atoms with Crippen LogP contribution in [0.15, 0.2) is 40.9 Å². The highest BCUT2D eigenvalue weighted by atomic mass is 35.5. The Kier molecular flexibility index (Phi) is 4.68. The third-order valence-electron chi connectivity index (χ3n) is 3.72. The minimum absolute atomic E-state index is 0.236. The number of rotatable bonds is 5. The molecule has 1 aliphatic carbocycles. The third-order valence-corrected chi connectivity index (χ3v) is 4.18. The second-order valence-corrected chi connectivity index (χ2v) is 5.95. The summed E-state index contributed by atoms with van der Waals surface area (Å²) in [6.07, 6.45) is 2.76. The van der Waals surface area contributed by atoms with Crippen LogP contribution in [0.25, 0.3) is 0 Å². The van der Waals surface area contributed by atoms with Gasteiger partial charge in [0.1, 0.15) is 5.54 Å². The van der Waals surface area contributed by atoms with Crippen molar-refractivity contribution in [3.05, 3.63) is 46.5 Å². The molecule has 0 aliphatic heterocycles. The average Bonchev–Trinajstić information content (AvgIpc) is 2.84. The summed E-state index contributed by atoms with van der Waals surface area (Å²) in [5, 5.41) is 12.9. The second-order valence-electron chi connectivity index (χ2n) is 5.50. The van der Waals surface area contributed by atoms with Crippen LogP contribution >= 0.6 is 11.6 Å². The summed E-state index contributed by atoms with van der Waals surface area (Å²) >= 11 is 6.12. The van der Waals surface area contributed by atoms with Crippen LogP contribution in [-0.4, -0.2) is 22.5 Å². The molecule has 0 aromatic heterocycles. The van der Waals surface area contributed by atoms with Crippen LogP contribution in [0.4, 0.5) is 0 Å². The molecule has 0 heterocycles. The molecule has 1 aromatic carbocycles. The van der Waals surface area contributed by atoms with Gasteiger partial charge in [-0.2, -0.15) is 0 Å². The highest BCUT2D eigenvalue weighted by Gasteiger charge is 2.37. The van der Waals surface area contributed by atoms with Gasteiger partial charge in [-0.3, -0.25) is 4.79 Å². The molecule has 0 fully saturated rings. The van der Waals surface area contributed by atoms with Gasteiger partial charge in [-0.05, 0) is 38.3 Å². The van der Waals surface area contributed by atoms with Crippen molar-refractivity contribution in [2.75, 3.05) is 0 Å². The molecule has 2 N–H and O–H groups in total. The summed E-state index contributed by atoms with van der Waals surface area (Å²) in [4.78, 5) is 23.8.